The molecule has 0 unspecified atom stereocenters. The van der Waals surface area contributed by atoms with E-state index in [1.807, 2.05) is 13.8 Å². The molecule has 0 saturated carbocycles. The van der Waals surface area contributed by atoms with E-state index >= 15 is 0 Å². The number of benzene rings is 2. The molecule has 2 aromatic rings. The van der Waals surface area contributed by atoms with Gasteiger partial charge in [-0.1, -0.05) is 24.6 Å². The van der Waals surface area contributed by atoms with Crippen LogP contribution in [-0.2, 0) is 0 Å². The molecule has 0 fully saturated rings. The third-order valence-electron chi connectivity index (χ3n) is 3.46. The van der Waals surface area contributed by atoms with Crippen LogP contribution in [0.1, 0.15) is 29.3 Å². The van der Waals surface area contributed by atoms with Crippen molar-refractivity contribution in [2.75, 3.05) is 17.2 Å². The molecule has 5 nitrogen and oxygen atoms in total. The van der Waals surface area contributed by atoms with Gasteiger partial charge in [0.15, 0.2) is 0 Å². The Balaban J connectivity index is 1.97. The molecular formula is C18H20ClN3O2. The van der Waals surface area contributed by atoms with Crippen molar-refractivity contribution in [1.29, 1.82) is 0 Å². The number of rotatable bonds is 5. The Morgan fingerprint density at radius 1 is 1.04 bits per heavy atom. The minimum atomic E-state index is -0.372. The molecule has 0 aliphatic heterocycles. The summed E-state index contributed by atoms with van der Waals surface area (Å²) < 4.78 is 0. The van der Waals surface area contributed by atoms with Crippen LogP contribution < -0.4 is 16.0 Å². The second-order valence-electron chi connectivity index (χ2n) is 5.32. The van der Waals surface area contributed by atoms with E-state index in [-0.39, 0.29) is 11.9 Å². The molecule has 0 spiro atoms. The lowest BCUT2D eigenvalue weighted by molar-refractivity contribution is 0.0953. The molecule has 0 heterocycles. The third kappa shape index (κ3) is 4.73. The van der Waals surface area contributed by atoms with Crippen molar-refractivity contribution in [2.24, 2.45) is 0 Å². The van der Waals surface area contributed by atoms with Gasteiger partial charge in [0.1, 0.15) is 0 Å². The van der Waals surface area contributed by atoms with E-state index < -0.39 is 0 Å². The number of carbonyl (C=O) groups is 2. The maximum absolute atomic E-state index is 12.1. The van der Waals surface area contributed by atoms with Crippen LogP contribution in [-0.4, -0.2) is 18.5 Å². The van der Waals surface area contributed by atoms with E-state index in [1.165, 1.54) is 0 Å². The first-order valence-electron chi connectivity index (χ1n) is 7.72. The first-order valence-corrected chi connectivity index (χ1v) is 8.10. The van der Waals surface area contributed by atoms with Crippen LogP contribution in [0.15, 0.2) is 42.5 Å². The third-order valence-corrected chi connectivity index (χ3v) is 3.87. The summed E-state index contributed by atoms with van der Waals surface area (Å²) in [6, 6.07) is 11.7. The van der Waals surface area contributed by atoms with Gasteiger partial charge in [0.2, 0.25) is 0 Å². The minimum absolute atomic E-state index is 0.123. The molecule has 0 aromatic heterocycles. The monoisotopic (exact) mass is 345 g/mol. The average Bonchev–Trinajstić information content (AvgIpc) is 2.57. The Hall–Kier alpha value is -2.53. The highest BCUT2D eigenvalue weighted by molar-refractivity contribution is 6.31. The van der Waals surface area contributed by atoms with E-state index in [4.69, 9.17) is 11.6 Å². The van der Waals surface area contributed by atoms with Crippen molar-refractivity contribution in [3.05, 3.63) is 58.6 Å². The first-order chi connectivity index (χ1) is 11.5. The maximum Gasteiger partial charge on any atom is 0.323 e. The molecule has 0 radical (unpaired) electrons. The van der Waals surface area contributed by atoms with Crippen molar-refractivity contribution in [3.63, 3.8) is 0 Å². The molecule has 2 aromatic carbocycles. The largest absolute Gasteiger partial charge is 0.352 e. The Morgan fingerprint density at radius 3 is 2.42 bits per heavy atom. The number of amides is 3. The summed E-state index contributed by atoms with van der Waals surface area (Å²) >= 11 is 6.03. The van der Waals surface area contributed by atoms with Gasteiger partial charge >= 0.3 is 6.03 Å². The van der Waals surface area contributed by atoms with Gasteiger partial charge in [-0.2, -0.15) is 0 Å². The Kier molecular flexibility index (Phi) is 6.21. The highest BCUT2D eigenvalue weighted by Crippen LogP contribution is 2.23. The molecule has 3 amide bonds. The van der Waals surface area contributed by atoms with Crippen molar-refractivity contribution >= 4 is 34.9 Å². The van der Waals surface area contributed by atoms with Crippen molar-refractivity contribution in [1.82, 2.24) is 5.32 Å². The molecule has 3 N–H and O–H groups in total. The van der Waals surface area contributed by atoms with E-state index in [0.717, 1.165) is 12.0 Å². The number of hydrogen-bond donors (Lipinski definition) is 3. The van der Waals surface area contributed by atoms with Crippen molar-refractivity contribution in [3.8, 4) is 0 Å². The van der Waals surface area contributed by atoms with Gasteiger partial charge in [-0.25, -0.2) is 4.79 Å². The van der Waals surface area contributed by atoms with Crippen LogP contribution in [0, 0.1) is 6.92 Å². The number of carbonyl (C=O) groups excluding carboxylic acids is 2. The molecule has 2 rings (SSSR count). The van der Waals surface area contributed by atoms with Gasteiger partial charge in [0.05, 0.1) is 0 Å². The zero-order chi connectivity index (χ0) is 17.5. The summed E-state index contributed by atoms with van der Waals surface area (Å²) in [6.45, 7) is 4.47. The highest BCUT2D eigenvalue weighted by Gasteiger charge is 2.08. The summed E-state index contributed by atoms with van der Waals surface area (Å²) in [5, 5.41) is 8.87. The van der Waals surface area contributed by atoms with Crippen molar-refractivity contribution < 1.29 is 9.59 Å². The number of urea groups is 1. The standard InChI is InChI=1S/C18H20ClN3O2/c1-3-11-20-17(23)13-7-9-14(10-8-13)21-18(24)22-16-6-4-5-15(19)12(16)2/h4-10H,3,11H2,1-2H3,(H,20,23)(H2,21,22,24). The second kappa shape index (κ2) is 8.36. The summed E-state index contributed by atoms with van der Waals surface area (Å²) in [4.78, 5) is 23.9. The van der Waals surface area contributed by atoms with Crippen LogP contribution in [0.4, 0.5) is 16.2 Å². The predicted molar refractivity (Wildman–Crippen MR) is 97.9 cm³/mol. The Morgan fingerprint density at radius 2 is 1.75 bits per heavy atom. The molecule has 0 bridgehead atoms. The SMILES string of the molecule is CCCNC(=O)c1ccc(NC(=O)Nc2cccc(Cl)c2C)cc1. The van der Waals surface area contributed by atoms with E-state index in [9.17, 15) is 9.59 Å². The smallest absolute Gasteiger partial charge is 0.323 e. The van der Waals surface area contributed by atoms with Gasteiger partial charge in [-0.15, -0.1) is 0 Å². The van der Waals surface area contributed by atoms with Crippen LogP contribution >= 0.6 is 11.6 Å². The molecule has 0 atom stereocenters. The van der Waals surface area contributed by atoms with Gasteiger partial charge < -0.3 is 16.0 Å². The van der Waals surface area contributed by atoms with E-state index in [0.29, 0.717) is 28.5 Å². The summed E-state index contributed by atoms with van der Waals surface area (Å²) in [5.74, 6) is -0.123. The summed E-state index contributed by atoms with van der Waals surface area (Å²) in [5.41, 5.74) is 2.60. The Labute approximate surface area is 146 Å². The first kappa shape index (κ1) is 17.8. The van der Waals surface area contributed by atoms with Gasteiger partial charge in [-0.05, 0) is 55.3 Å². The molecule has 6 heteroatoms. The van der Waals surface area contributed by atoms with Crippen molar-refractivity contribution in [2.45, 2.75) is 20.3 Å². The highest BCUT2D eigenvalue weighted by atomic mass is 35.5. The van der Waals surface area contributed by atoms with Crippen LogP contribution in [0.25, 0.3) is 0 Å². The fourth-order valence-electron chi connectivity index (χ4n) is 2.07. The van der Waals surface area contributed by atoms with Gasteiger partial charge in [-0.3, -0.25) is 4.79 Å². The number of anilines is 2. The lowest BCUT2D eigenvalue weighted by Crippen LogP contribution is -2.24. The number of hydrogen-bond acceptors (Lipinski definition) is 2. The van der Waals surface area contributed by atoms with Crippen LogP contribution in [0.2, 0.25) is 5.02 Å². The Bertz CT molecular complexity index is 730. The van der Waals surface area contributed by atoms with Crippen LogP contribution in [0.3, 0.4) is 0 Å². The fourth-order valence-corrected chi connectivity index (χ4v) is 2.25. The van der Waals surface area contributed by atoms with Gasteiger partial charge in [0.25, 0.3) is 5.91 Å². The molecule has 24 heavy (non-hydrogen) atoms. The summed E-state index contributed by atoms with van der Waals surface area (Å²) in [6.07, 6.45) is 0.883. The average molecular weight is 346 g/mol. The van der Waals surface area contributed by atoms with E-state index in [2.05, 4.69) is 16.0 Å². The second-order valence-corrected chi connectivity index (χ2v) is 5.73. The predicted octanol–water partition coefficient (Wildman–Crippen LogP) is 4.43. The number of nitrogens with one attached hydrogen (secondary N) is 3. The molecule has 126 valence electrons. The summed E-state index contributed by atoms with van der Waals surface area (Å²) in [7, 11) is 0. The lowest BCUT2D eigenvalue weighted by atomic mass is 10.2. The molecule has 0 aliphatic rings. The molecular weight excluding hydrogens is 326 g/mol. The zero-order valence-electron chi connectivity index (χ0n) is 13.7. The fraction of sp³-hybridized carbons (Fsp3) is 0.222. The van der Waals surface area contributed by atoms with Gasteiger partial charge in [0, 0.05) is 28.5 Å². The lowest BCUT2D eigenvalue weighted by Gasteiger charge is -2.11. The topological polar surface area (TPSA) is 70.2 Å². The molecule has 0 aliphatic carbocycles. The zero-order valence-corrected chi connectivity index (χ0v) is 14.4. The minimum Gasteiger partial charge on any atom is -0.352 e. The number of halogens is 1. The van der Waals surface area contributed by atoms with Crippen LogP contribution in [0.5, 0.6) is 0 Å². The quantitative estimate of drug-likeness (QED) is 0.750. The normalized spacial score (nSPS) is 10.1. The maximum atomic E-state index is 12.1. The molecule has 0 saturated heterocycles. The van der Waals surface area contributed by atoms with E-state index in [1.54, 1.807) is 42.5 Å².